The van der Waals surface area contributed by atoms with E-state index in [-0.39, 0.29) is 0 Å². The number of benzene rings is 2. The molecule has 0 saturated carbocycles. The Bertz CT molecular complexity index is 544. The summed E-state index contributed by atoms with van der Waals surface area (Å²) in [7, 11) is 0. The molecule has 2 aromatic carbocycles. The molecule has 112 valence electrons. The molecule has 0 atom stereocenters. The first-order valence-electron chi connectivity index (χ1n) is 6.88. The van der Waals surface area contributed by atoms with Crippen molar-refractivity contribution in [3.05, 3.63) is 59.7 Å². The van der Waals surface area contributed by atoms with Crippen molar-refractivity contribution in [3.63, 3.8) is 0 Å². The second-order valence-corrected chi connectivity index (χ2v) is 6.09. The van der Waals surface area contributed by atoms with E-state index in [1.54, 1.807) is 0 Å². The smallest absolute Gasteiger partial charge is 0.123 e. The number of alkyl halides is 2. The molecule has 0 N–H and O–H groups in total. The number of ether oxygens (including phenoxy) is 2. The fraction of sp³-hybridized carbons (Fsp3) is 0.294. The molecule has 0 aromatic heterocycles. The van der Waals surface area contributed by atoms with Gasteiger partial charge in [-0.25, -0.2) is 0 Å². The highest BCUT2D eigenvalue weighted by molar-refractivity contribution is 9.09. The average Bonchev–Trinajstić information content (AvgIpc) is 2.53. The van der Waals surface area contributed by atoms with E-state index < -0.39 is 0 Å². The van der Waals surface area contributed by atoms with Crippen LogP contribution < -0.4 is 9.47 Å². The molecule has 2 nitrogen and oxygen atoms in total. The van der Waals surface area contributed by atoms with Crippen molar-refractivity contribution in [1.82, 2.24) is 0 Å². The Morgan fingerprint density at radius 1 is 0.810 bits per heavy atom. The lowest BCUT2D eigenvalue weighted by Gasteiger charge is -2.13. The molecule has 4 heteroatoms. The SMILES string of the molecule is BrCCOc1ccc(OCCBr)c(Cc2ccccc2)c1. The molecule has 0 aliphatic carbocycles. The number of hydrogen-bond donors (Lipinski definition) is 0. The largest absolute Gasteiger partial charge is 0.493 e. The van der Waals surface area contributed by atoms with Gasteiger partial charge in [-0.2, -0.15) is 0 Å². The quantitative estimate of drug-likeness (QED) is 0.577. The van der Waals surface area contributed by atoms with Gasteiger partial charge in [0.2, 0.25) is 0 Å². The summed E-state index contributed by atoms with van der Waals surface area (Å²) in [6.45, 7) is 1.32. The van der Waals surface area contributed by atoms with E-state index in [9.17, 15) is 0 Å². The van der Waals surface area contributed by atoms with Crippen molar-refractivity contribution in [2.75, 3.05) is 23.9 Å². The van der Waals surface area contributed by atoms with Crippen molar-refractivity contribution >= 4 is 31.9 Å². The van der Waals surface area contributed by atoms with Gasteiger partial charge in [-0.15, -0.1) is 0 Å². The van der Waals surface area contributed by atoms with Crippen molar-refractivity contribution in [1.29, 1.82) is 0 Å². The van der Waals surface area contributed by atoms with Crippen LogP contribution in [0.15, 0.2) is 48.5 Å². The minimum absolute atomic E-state index is 0.656. The van der Waals surface area contributed by atoms with E-state index in [1.165, 1.54) is 5.56 Å². The van der Waals surface area contributed by atoms with Crippen LogP contribution in [0.5, 0.6) is 11.5 Å². The molecule has 0 saturated heterocycles. The van der Waals surface area contributed by atoms with Gasteiger partial charge in [0, 0.05) is 22.6 Å². The van der Waals surface area contributed by atoms with E-state index >= 15 is 0 Å². The highest BCUT2D eigenvalue weighted by Crippen LogP contribution is 2.27. The molecule has 21 heavy (non-hydrogen) atoms. The first kappa shape index (κ1) is 16.4. The summed E-state index contributed by atoms with van der Waals surface area (Å²) >= 11 is 6.76. The Balaban J connectivity index is 2.20. The molecule has 0 amide bonds. The summed E-state index contributed by atoms with van der Waals surface area (Å²) < 4.78 is 11.5. The van der Waals surface area contributed by atoms with Crippen LogP contribution in [0.1, 0.15) is 11.1 Å². The highest BCUT2D eigenvalue weighted by atomic mass is 79.9. The third-order valence-electron chi connectivity index (χ3n) is 2.95. The summed E-state index contributed by atoms with van der Waals surface area (Å²) in [5, 5.41) is 1.64. The second-order valence-electron chi connectivity index (χ2n) is 4.51. The zero-order valence-corrected chi connectivity index (χ0v) is 14.9. The van der Waals surface area contributed by atoms with Gasteiger partial charge in [-0.3, -0.25) is 0 Å². The molecular weight excluding hydrogens is 396 g/mol. The lowest BCUT2D eigenvalue weighted by atomic mass is 10.0. The monoisotopic (exact) mass is 412 g/mol. The van der Waals surface area contributed by atoms with Gasteiger partial charge in [0.05, 0.1) is 13.2 Å². The lowest BCUT2D eigenvalue weighted by Crippen LogP contribution is -2.03. The molecule has 0 radical (unpaired) electrons. The van der Waals surface area contributed by atoms with Gasteiger partial charge >= 0.3 is 0 Å². The van der Waals surface area contributed by atoms with E-state index in [0.29, 0.717) is 13.2 Å². The number of halogens is 2. The molecule has 2 aromatic rings. The molecule has 0 heterocycles. The zero-order valence-electron chi connectivity index (χ0n) is 11.7. The minimum Gasteiger partial charge on any atom is -0.493 e. The molecule has 0 fully saturated rings. The summed E-state index contributed by atoms with van der Waals surface area (Å²) in [5.74, 6) is 1.80. The standard InChI is InChI=1S/C17H18Br2O2/c18-8-10-20-16-6-7-17(21-11-9-19)15(13-16)12-14-4-2-1-3-5-14/h1-7,13H,8-12H2. The van der Waals surface area contributed by atoms with E-state index in [4.69, 9.17) is 9.47 Å². The predicted octanol–water partition coefficient (Wildman–Crippen LogP) is 4.82. The van der Waals surface area contributed by atoms with Gasteiger partial charge in [0.1, 0.15) is 11.5 Å². The second kappa shape index (κ2) is 9.11. The molecular formula is C17H18Br2O2. The Labute approximate surface area is 142 Å². The van der Waals surface area contributed by atoms with Crippen LogP contribution in [0.25, 0.3) is 0 Å². The zero-order chi connectivity index (χ0) is 14.9. The van der Waals surface area contributed by atoms with Crippen LogP contribution in [0.3, 0.4) is 0 Å². The van der Waals surface area contributed by atoms with Gasteiger partial charge in [-0.1, -0.05) is 62.2 Å². The normalized spacial score (nSPS) is 10.4. The van der Waals surface area contributed by atoms with Crippen LogP contribution in [0, 0.1) is 0 Å². The molecule has 0 spiro atoms. The van der Waals surface area contributed by atoms with Crippen LogP contribution in [-0.4, -0.2) is 23.9 Å². The summed E-state index contributed by atoms with van der Waals surface area (Å²) in [5.41, 5.74) is 2.41. The number of hydrogen-bond acceptors (Lipinski definition) is 2. The molecule has 0 unspecified atom stereocenters. The predicted molar refractivity (Wildman–Crippen MR) is 94.3 cm³/mol. The van der Waals surface area contributed by atoms with Crippen LogP contribution in [-0.2, 0) is 6.42 Å². The molecule has 2 rings (SSSR count). The summed E-state index contributed by atoms with van der Waals surface area (Å²) in [6.07, 6.45) is 0.837. The van der Waals surface area contributed by atoms with Crippen molar-refractivity contribution in [3.8, 4) is 11.5 Å². The van der Waals surface area contributed by atoms with Crippen molar-refractivity contribution < 1.29 is 9.47 Å². The van der Waals surface area contributed by atoms with Gasteiger partial charge in [0.25, 0.3) is 0 Å². The van der Waals surface area contributed by atoms with E-state index in [0.717, 1.165) is 34.1 Å². The number of rotatable bonds is 8. The van der Waals surface area contributed by atoms with Crippen LogP contribution in [0.2, 0.25) is 0 Å². The lowest BCUT2D eigenvalue weighted by molar-refractivity contribution is 0.332. The summed E-state index contributed by atoms with van der Waals surface area (Å²) in [4.78, 5) is 0. The maximum absolute atomic E-state index is 5.81. The summed E-state index contributed by atoms with van der Waals surface area (Å²) in [6, 6.07) is 16.4. The third kappa shape index (κ3) is 5.36. The van der Waals surface area contributed by atoms with Gasteiger partial charge < -0.3 is 9.47 Å². The maximum Gasteiger partial charge on any atom is 0.123 e. The molecule has 0 bridgehead atoms. The maximum atomic E-state index is 5.81. The van der Waals surface area contributed by atoms with Crippen LogP contribution >= 0.6 is 31.9 Å². The Morgan fingerprint density at radius 3 is 2.24 bits per heavy atom. The topological polar surface area (TPSA) is 18.5 Å². The Morgan fingerprint density at radius 2 is 1.52 bits per heavy atom. The van der Waals surface area contributed by atoms with E-state index in [1.807, 2.05) is 18.2 Å². The minimum atomic E-state index is 0.656. The molecule has 0 aliphatic heterocycles. The Hall–Kier alpha value is -1.00. The van der Waals surface area contributed by atoms with Gasteiger partial charge in [-0.05, 0) is 23.8 Å². The average molecular weight is 414 g/mol. The first-order chi connectivity index (χ1) is 10.3. The van der Waals surface area contributed by atoms with Gasteiger partial charge in [0.15, 0.2) is 0 Å². The highest BCUT2D eigenvalue weighted by Gasteiger charge is 2.07. The van der Waals surface area contributed by atoms with Crippen molar-refractivity contribution in [2.45, 2.75) is 6.42 Å². The Kier molecular flexibility index (Phi) is 7.10. The fourth-order valence-electron chi connectivity index (χ4n) is 2.05. The third-order valence-corrected chi connectivity index (χ3v) is 3.60. The van der Waals surface area contributed by atoms with Crippen LogP contribution in [0.4, 0.5) is 0 Å². The van der Waals surface area contributed by atoms with E-state index in [2.05, 4.69) is 62.2 Å². The first-order valence-corrected chi connectivity index (χ1v) is 9.12. The fourth-order valence-corrected chi connectivity index (χ4v) is 2.37. The van der Waals surface area contributed by atoms with Crippen molar-refractivity contribution in [2.24, 2.45) is 0 Å². The molecule has 0 aliphatic rings.